The summed E-state index contributed by atoms with van der Waals surface area (Å²) in [5.74, 6) is 2.06. The van der Waals surface area contributed by atoms with Crippen LogP contribution in [-0.2, 0) is 9.53 Å². The fourth-order valence-corrected chi connectivity index (χ4v) is 2.49. The number of thioether (sulfide) groups is 1. The quantitative estimate of drug-likeness (QED) is 0.623. The zero-order chi connectivity index (χ0) is 9.10. The molecule has 2 fully saturated rings. The van der Waals surface area contributed by atoms with Crippen molar-refractivity contribution < 1.29 is 9.53 Å². The highest BCUT2D eigenvalue weighted by atomic mass is 32.2. The number of ether oxygens (including phenoxy) is 1. The highest BCUT2D eigenvalue weighted by molar-refractivity contribution is 7.99. The molecule has 1 atom stereocenters. The molecule has 2 saturated heterocycles. The van der Waals surface area contributed by atoms with E-state index >= 15 is 0 Å². The van der Waals surface area contributed by atoms with Gasteiger partial charge in [0.05, 0.1) is 19.3 Å². The molecule has 0 radical (unpaired) electrons. The average Bonchev–Trinajstić information content (AvgIpc) is 2.71. The van der Waals surface area contributed by atoms with Gasteiger partial charge >= 0.3 is 0 Å². The lowest BCUT2D eigenvalue weighted by Gasteiger charge is -2.28. The number of hydrogen-bond acceptors (Lipinski definition) is 4. The molecule has 1 N–H and O–H groups in total. The zero-order valence-electron chi connectivity index (χ0n) is 7.49. The molecule has 74 valence electrons. The average molecular weight is 202 g/mol. The lowest BCUT2D eigenvalue weighted by atomic mass is 10.2. The molecule has 0 bridgehead atoms. The van der Waals surface area contributed by atoms with Crippen LogP contribution in [0.2, 0.25) is 0 Å². The van der Waals surface area contributed by atoms with Crippen LogP contribution in [-0.4, -0.2) is 54.8 Å². The van der Waals surface area contributed by atoms with Crippen molar-refractivity contribution in [3.05, 3.63) is 0 Å². The molecule has 13 heavy (non-hydrogen) atoms. The van der Waals surface area contributed by atoms with Crippen LogP contribution in [0.25, 0.3) is 0 Å². The number of hydrogen-bond donors (Lipinski definition) is 1. The number of morpholine rings is 1. The topological polar surface area (TPSA) is 41.6 Å². The van der Waals surface area contributed by atoms with Crippen LogP contribution in [0.3, 0.4) is 0 Å². The summed E-state index contributed by atoms with van der Waals surface area (Å²) in [6.45, 7) is 2.88. The summed E-state index contributed by atoms with van der Waals surface area (Å²) in [7, 11) is 0. The highest BCUT2D eigenvalue weighted by Gasteiger charge is 2.27. The molecular weight excluding hydrogens is 188 g/mol. The Morgan fingerprint density at radius 2 is 2.23 bits per heavy atom. The van der Waals surface area contributed by atoms with Crippen molar-refractivity contribution in [3.63, 3.8) is 0 Å². The van der Waals surface area contributed by atoms with Gasteiger partial charge in [-0.3, -0.25) is 10.1 Å². The molecule has 0 aromatic heterocycles. The molecule has 2 aliphatic rings. The van der Waals surface area contributed by atoms with Crippen molar-refractivity contribution in [1.29, 1.82) is 0 Å². The smallest absolute Gasteiger partial charge is 0.240 e. The van der Waals surface area contributed by atoms with Gasteiger partial charge in [0, 0.05) is 24.7 Å². The van der Waals surface area contributed by atoms with Crippen LogP contribution in [0.1, 0.15) is 0 Å². The van der Waals surface area contributed by atoms with Gasteiger partial charge in [0.2, 0.25) is 5.91 Å². The second-order valence-corrected chi connectivity index (χ2v) is 4.24. The first-order valence-electron chi connectivity index (χ1n) is 4.55. The van der Waals surface area contributed by atoms with E-state index in [0.717, 1.165) is 24.7 Å². The Morgan fingerprint density at radius 3 is 2.85 bits per heavy atom. The third-order valence-corrected chi connectivity index (χ3v) is 3.28. The van der Waals surface area contributed by atoms with Crippen molar-refractivity contribution >= 4 is 17.7 Å². The van der Waals surface area contributed by atoms with E-state index < -0.39 is 0 Å². The number of rotatable bonds is 1. The minimum absolute atomic E-state index is 0.0445. The van der Waals surface area contributed by atoms with E-state index in [-0.39, 0.29) is 11.9 Å². The second kappa shape index (κ2) is 4.30. The first kappa shape index (κ1) is 9.30. The predicted molar refractivity (Wildman–Crippen MR) is 51.6 cm³/mol. The lowest BCUT2D eigenvalue weighted by molar-refractivity contribution is -0.136. The van der Waals surface area contributed by atoms with E-state index in [1.807, 2.05) is 4.90 Å². The number of carbonyl (C=O) groups excluding carboxylic acids is 1. The van der Waals surface area contributed by atoms with Gasteiger partial charge in [0.25, 0.3) is 0 Å². The molecule has 5 heteroatoms. The second-order valence-electron chi connectivity index (χ2n) is 3.21. The standard InChI is InChI=1S/C8H14N2O2S/c11-8(7-5-13-6-9-7)10-1-3-12-4-2-10/h7,9H,1-6H2/t7-/m0/s1. The number of nitrogens with zero attached hydrogens (tertiary/aromatic N) is 1. The van der Waals surface area contributed by atoms with E-state index in [1.165, 1.54) is 0 Å². The number of amides is 1. The van der Waals surface area contributed by atoms with E-state index in [0.29, 0.717) is 13.2 Å². The summed E-state index contributed by atoms with van der Waals surface area (Å²) >= 11 is 1.78. The Morgan fingerprint density at radius 1 is 1.46 bits per heavy atom. The molecular formula is C8H14N2O2S. The van der Waals surface area contributed by atoms with E-state index in [9.17, 15) is 4.79 Å². The van der Waals surface area contributed by atoms with Crippen molar-refractivity contribution in [2.24, 2.45) is 0 Å². The van der Waals surface area contributed by atoms with Gasteiger partial charge in [-0.15, -0.1) is 11.8 Å². The van der Waals surface area contributed by atoms with Gasteiger partial charge in [-0.05, 0) is 0 Å². The van der Waals surface area contributed by atoms with Crippen LogP contribution in [0.15, 0.2) is 0 Å². The Hall–Kier alpha value is -0.260. The lowest BCUT2D eigenvalue weighted by Crippen LogP contribution is -2.49. The maximum Gasteiger partial charge on any atom is 0.240 e. The normalized spacial score (nSPS) is 29.2. The molecule has 0 aromatic rings. The Labute approximate surface area is 82.0 Å². The summed E-state index contributed by atoms with van der Waals surface area (Å²) in [6.07, 6.45) is 0. The summed E-state index contributed by atoms with van der Waals surface area (Å²) in [5, 5.41) is 3.18. The van der Waals surface area contributed by atoms with Crippen LogP contribution in [0.4, 0.5) is 0 Å². The third-order valence-electron chi connectivity index (χ3n) is 2.34. The van der Waals surface area contributed by atoms with Gasteiger partial charge < -0.3 is 9.64 Å². The Balaban J connectivity index is 1.87. The molecule has 0 saturated carbocycles. The monoisotopic (exact) mass is 202 g/mol. The fraction of sp³-hybridized carbons (Fsp3) is 0.875. The van der Waals surface area contributed by atoms with Crippen molar-refractivity contribution in [1.82, 2.24) is 10.2 Å². The maximum atomic E-state index is 11.8. The van der Waals surface area contributed by atoms with Crippen LogP contribution >= 0.6 is 11.8 Å². The molecule has 0 spiro atoms. The van der Waals surface area contributed by atoms with Crippen molar-refractivity contribution in [3.8, 4) is 0 Å². The Kier molecular flexibility index (Phi) is 3.08. The van der Waals surface area contributed by atoms with Gasteiger partial charge in [-0.2, -0.15) is 0 Å². The molecule has 2 rings (SSSR count). The molecule has 2 aliphatic heterocycles. The van der Waals surface area contributed by atoms with Crippen molar-refractivity contribution in [2.45, 2.75) is 6.04 Å². The largest absolute Gasteiger partial charge is 0.378 e. The highest BCUT2D eigenvalue weighted by Crippen LogP contribution is 2.12. The molecule has 1 amide bonds. The summed E-state index contributed by atoms with van der Waals surface area (Å²) in [6, 6.07) is 0.0445. The molecule has 2 heterocycles. The molecule has 4 nitrogen and oxygen atoms in total. The van der Waals surface area contributed by atoms with E-state index in [2.05, 4.69) is 5.32 Å². The summed E-state index contributed by atoms with van der Waals surface area (Å²) in [4.78, 5) is 13.7. The first-order valence-corrected chi connectivity index (χ1v) is 5.71. The molecule has 0 aliphatic carbocycles. The first-order chi connectivity index (χ1) is 6.38. The van der Waals surface area contributed by atoms with Gasteiger partial charge in [0.1, 0.15) is 0 Å². The van der Waals surface area contributed by atoms with E-state index in [4.69, 9.17) is 4.74 Å². The summed E-state index contributed by atoms with van der Waals surface area (Å²) in [5.41, 5.74) is 0. The maximum absolute atomic E-state index is 11.8. The minimum Gasteiger partial charge on any atom is -0.378 e. The minimum atomic E-state index is 0.0445. The number of carbonyl (C=O) groups is 1. The third kappa shape index (κ3) is 2.15. The van der Waals surface area contributed by atoms with Gasteiger partial charge in [-0.25, -0.2) is 0 Å². The van der Waals surface area contributed by atoms with Crippen molar-refractivity contribution in [2.75, 3.05) is 37.9 Å². The molecule has 0 aromatic carbocycles. The van der Waals surface area contributed by atoms with Crippen LogP contribution in [0, 0.1) is 0 Å². The zero-order valence-corrected chi connectivity index (χ0v) is 8.31. The van der Waals surface area contributed by atoms with Crippen LogP contribution in [0.5, 0.6) is 0 Å². The van der Waals surface area contributed by atoms with E-state index in [1.54, 1.807) is 11.8 Å². The molecule has 0 unspecified atom stereocenters. The fourth-order valence-electron chi connectivity index (χ4n) is 1.56. The Bertz CT molecular complexity index is 189. The predicted octanol–water partition coefficient (Wildman–Crippen LogP) is -0.492. The van der Waals surface area contributed by atoms with Gasteiger partial charge in [-0.1, -0.05) is 0 Å². The van der Waals surface area contributed by atoms with Crippen LogP contribution < -0.4 is 5.32 Å². The summed E-state index contributed by atoms with van der Waals surface area (Å²) < 4.78 is 5.19. The van der Waals surface area contributed by atoms with Gasteiger partial charge in [0.15, 0.2) is 0 Å². The SMILES string of the molecule is O=C([C@@H]1CSCN1)N1CCOCC1. The number of nitrogens with one attached hydrogen (secondary N) is 1.